The van der Waals surface area contributed by atoms with E-state index < -0.39 is 12.1 Å². The average Bonchev–Trinajstić information content (AvgIpc) is 3.33. The number of nitrogens with one attached hydrogen (secondary N) is 2. The first-order chi connectivity index (χ1) is 17.1. The number of amides is 2. The molecule has 2 unspecified atom stereocenters. The van der Waals surface area contributed by atoms with E-state index in [1.165, 1.54) is 0 Å². The maximum Gasteiger partial charge on any atom is 0.251 e. The Kier molecular flexibility index (Phi) is 7.57. The van der Waals surface area contributed by atoms with Gasteiger partial charge in [0.25, 0.3) is 5.91 Å². The number of imidazole rings is 1. The first kappa shape index (κ1) is 23.8. The molecule has 178 valence electrons. The molecule has 1 heterocycles. The number of hydrogen-bond acceptors (Lipinski definition) is 4. The van der Waals surface area contributed by atoms with Gasteiger partial charge in [0.05, 0.1) is 19.6 Å². The summed E-state index contributed by atoms with van der Waals surface area (Å²) in [6, 6.07) is 24.9. The monoisotopic (exact) mass is 468 g/mol. The standard InChI is InChI=1S/C28H28N4O3/c1-32-18-17-29-27(32)26(22-15-9-10-16-24(22)35-2)31-25(33)19-23(20-11-5-3-6-12-20)30-28(34)21-13-7-4-8-14-21/h3-18,23,26H,19H2,1-2H3,(H,30,34)(H,31,33). The summed E-state index contributed by atoms with van der Waals surface area (Å²) in [4.78, 5) is 30.8. The van der Waals surface area contributed by atoms with Gasteiger partial charge in [-0.05, 0) is 23.8 Å². The van der Waals surface area contributed by atoms with Crippen LogP contribution in [-0.2, 0) is 11.8 Å². The second kappa shape index (κ2) is 11.2. The van der Waals surface area contributed by atoms with Crippen LogP contribution in [-0.4, -0.2) is 28.5 Å². The van der Waals surface area contributed by atoms with E-state index in [-0.39, 0.29) is 18.2 Å². The molecule has 4 aromatic rings. The number of carbonyl (C=O) groups excluding carboxylic acids is 2. The number of hydrogen-bond donors (Lipinski definition) is 2. The van der Waals surface area contributed by atoms with Crippen molar-refractivity contribution < 1.29 is 14.3 Å². The van der Waals surface area contributed by atoms with Crippen molar-refractivity contribution in [3.8, 4) is 5.75 Å². The van der Waals surface area contributed by atoms with Gasteiger partial charge in [-0.15, -0.1) is 0 Å². The van der Waals surface area contributed by atoms with Crippen LogP contribution in [0.2, 0.25) is 0 Å². The molecular weight excluding hydrogens is 440 g/mol. The number of carbonyl (C=O) groups is 2. The molecule has 0 saturated carbocycles. The summed E-state index contributed by atoms with van der Waals surface area (Å²) in [6.45, 7) is 0. The molecule has 0 spiro atoms. The molecule has 7 nitrogen and oxygen atoms in total. The number of rotatable bonds is 9. The third-order valence-corrected chi connectivity index (χ3v) is 5.80. The van der Waals surface area contributed by atoms with Crippen LogP contribution in [0.15, 0.2) is 97.3 Å². The second-order valence-corrected chi connectivity index (χ2v) is 8.15. The summed E-state index contributed by atoms with van der Waals surface area (Å²) >= 11 is 0. The number of benzene rings is 3. The highest BCUT2D eigenvalue weighted by Gasteiger charge is 2.26. The molecule has 2 atom stereocenters. The highest BCUT2D eigenvalue weighted by molar-refractivity contribution is 5.94. The fourth-order valence-electron chi connectivity index (χ4n) is 4.02. The third kappa shape index (κ3) is 5.76. The highest BCUT2D eigenvalue weighted by atomic mass is 16.5. The molecule has 0 aliphatic rings. The zero-order valence-electron chi connectivity index (χ0n) is 19.7. The van der Waals surface area contributed by atoms with Crippen LogP contribution in [0.4, 0.5) is 0 Å². The van der Waals surface area contributed by atoms with E-state index >= 15 is 0 Å². The summed E-state index contributed by atoms with van der Waals surface area (Å²) in [5.74, 6) is 0.856. The molecule has 3 aromatic carbocycles. The van der Waals surface area contributed by atoms with Crippen LogP contribution < -0.4 is 15.4 Å². The smallest absolute Gasteiger partial charge is 0.251 e. The lowest BCUT2D eigenvalue weighted by atomic mass is 10.0. The van der Waals surface area contributed by atoms with Gasteiger partial charge in [0.15, 0.2) is 0 Å². The van der Waals surface area contributed by atoms with E-state index in [0.717, 1.165) is 11.1 Å². The SMILES string of the molecule is COc1ccccc1C(NC(=O)CC(NC(=O)c1ccccc1)c1ccccc1)c1nccn1C. The lowest BCUT2D eigenvalue weighted by molar-refractivity contribution is -0.122. The van der Waals surface area contributed by atoms with Crippen LogP contribution >= 0.6 is 0 Å². The fourth-order valence-corrected chi connectivity index (χ4v) is 4.02. The predicted molar refractivity (Wildman–Crippen MR) is 134 cm³/mol. The highest BCUT2D eigenvalue weighted by Crippen LogP contribution is 2.29. The van der Waals surface area contributed by atoms with Gasteiger partial charge in [0, 0.05) is 30.6 Å². The van der Waals surface area contributed by atoms with Gasteiger partial charge >= 0.3 is 0 Å². The minimum atomic E-state index is -0.528. The predicted octanol–water partition coefficient (Wildman–Crippen LogP) is 4.20. The van der Waals surface area contributed by atoms with Gasteiger partial charge < -0.3 is 19.9 Å². The van der Waals surface area contributed by atoms with Crippen molar-refractivity contribution in [2.24, 2.45) is 7.05 Å². The minimum absolute atomic E-state index is 0.0542. The number of aromatic nitrogens is 2. The Morgan fingerprint density at radius 2 is 1.57 bits per heavy atom. The first-order valence-corrected chi connectivity index (χ1v) is 11.4. The van der Waals surface area contributed by atoms with E-state index in [4.69, 9.17) is 4.74 Å². The maximum atomic E-state index is 13.4. The van der Waals surface area contributed by atoms with E-state index in [2.05, 4.69) is 15.6 Å². The second-order valence-electron chi connectivity index (χ2n) is 8.15. The molecule has 0 radical (unpaired) electrons. The molecule has 0 saturated heterocycles. The molecule has 35 heavy (non-hydrogen) atoms. The van der Waals surface area contributed by atoms with Gasteiger partial charge in [-0.25, -0.2) is 4.98 Å². The number of ether oxygens (including phenoxy) is 1. The Labute approximate surface area is 204 Å². The van der Waals surface area contributed by atoms with Crippen LogP contribution in [0.1, 0.15) is 45.8 Å². The Morgan fingerprint density at radius 1 is 0.914 bits per heavy atom. The van der Waals surface area contributed by atoms with E-state index in [1.54, 1.807) is 25.4 Å². The van der Waals surface area contributed by atoms with Crippen molar-refractivity contribution in [3.63, 3.8) is 0 Å². The molecule has 0 bridgehead atoms. The van der Waals surface area contributed by atoms with E-state index in [1.807, 2.05) is 90.6 Å². The topological polar surface area (TPSA) is 85.2 Å². The summed E-state index contributed by atoms with van der Waals surface area (Å²) in [7, 11) is 3.48. The lowest BCUT2D eigenvalue weighted by Crippen LogP contribution is -2.36. The van der Waals surface area contributed by atoms with E-state index in [9.17, 15) is 9.59 Å². The van der Waals surface area contributed by atoms with Crippen LogP contribution in [0, 0.1) is 0 Å². The largest absolute Gasteiger partial charge is 0.496 e. The molecule has 0 aliphatic carbocycles. The normalized spacial score (nSPS) is 12.4. The average molecular weight is 469 g/mol. The van der Waals surface area contributed by atoms with Gasteiger partial charge in [-0.3, -0.25) is 9.59 Å². The molecule has 2 amide bonds. The van der Waals surface area contributed by atoms with Gasteiger partial charge in [-0.1, -0.05) is 66.7 Å². The molecule has 1 aromatic heterocycles. The van der Waals surface area contributed by atoms with Crippen molar-refractivity contribution in [2.45, 2.75) is 18.5 Å². The first-order valence-electron chi connectivity index (χ1n) is 11.4. The lowest BCUT2D eigenvalue weighted by Gasteiger charge is -2.24. The summed E-state index contributed by atoms with van der Waals surface area (Å²) in [5.41, 5.74) is 2.17. The number of methoxy groups -OCH3 is 1. The number of nitrogens with zero attached hydrogens (tertiary/aromatic N) is 2. The summed E-state index contributed by atoms with van der Waals surface area (Å²) < 4.78 is 7.42. The van der Waals surface area contributed by atoms with Crippen LogP contribution in [0.25, 0.3) is 0 Å². The van der Waals surface area contributed by atoms with Crippen molar-refractivity contribution in [2.75, 3.05) is 7.11 Å². The minimum Gasteiger partial charge on any atom is -0.496 e. The third-order valence-electron chi connectivity index (χ3n) is 5.80. The molecule has 7 heteroatoms. The Hall–Kier alpha value is -4.39. The van der Waals surface area contributed by atoms with Crippen LogP contribution in [0.3, 0.4) is 0 Å². The summed E-state index contributed by atoms with van der Waals surface area (Å²) in [5, 5.41) is 6.13. The molecule has 0 fully saturated rings. The number of para-hydroxylation sites is 1. The fraction of sp³-hybridized carbons (Fsp3) is 0.179. The Balaban J connectivity index is 1.59. The molecule has 2 N–H and O–H groups in total. The summed E-state index contributed by atoms with van der Waals surface area (Å²) in [6.07, 6.45) is 3.58. The maximum absolute atomic E-state index is 13.4. The Morgan fingerprint density at radius 3 is 2.23 bits per heavy atom. The van der Waals surface area contributed by atoms with Gasteiger partial charge in [0.1, 0.15) is 17.6 Å². The Bertz CT molecular complexity index is 1270. The zero-order chi connectivity index (χ0) is 24.6. The van der Waals surface area contributed by atoms with Crippen LogP contribution in [0.5, 0.6) is 5.75 Å². The van der Waals surface area contributed by atoms with Crippen molar-refractivity contribution in [3.05, 3.63) is 120 Å². The zero-order valence-corrected chi connectivity index (χ0v) is 19.7. The van der Waals surface area contributed by atoms with Crippen molar-refractivity contribution in [1.82, 2.24) is 20.2 Å². The van der Waals surface area contributed by atoms with Crippen molar-refractivity contribution >= 4 is 11.8 Å². The molecular formula is C28H28N4O3. The molecule has 4 rings (SSSR count). The molecule has 0 aliphatic heterocycles. The number of aryl methyl sites for hydroxylation is 1. The quantitative estimate of drug-likeness (QED) is 0.386. The van der Waals surface area contributed by atoms with Crippen molar-refractivity contribution in [1.29, 1.82) is 0 Å². The van der Waals surface area contributed by atoms with Gasteiger partial charge in [0.2, 0.25) is 5.91 Å². The van der Waals surface area contributed by atoms with Gasteiger partial charge in [-0.2, -0.15) is 0 Å². The van der Waals surface area contributed by atoms with E-state index in [0.29, 0.717) is 17.1 Å².